The first kappa shape index (κ1) is 15.1. The van der Waals surface area contributed by atoms with E-state index in [0.717, 1.165) is 25.9 Å². The summed E-state index contributed by atoms with van der Waals surface area (Å²) in [5, 5.41) is 0. The van der Waals surface area contributed by atoms with Gasteiger partial charge in [0.15, 0.2) is 0 Å². The van der Waals surface area contributed by atoms with Gasteiger partial charge >= 0.3 is 6.18 Å². The Balaban J connectivity index is 2.08. The van der Waals surface area contributed by atoms with E-state index in [-0.39, 0.29) is 6.61 Å². The van der Waals surface area contributed by atoms with Crippen LogP contribution in [-0.4, -0.2) is 49.3 Å². The van der Waals surface area contributed by atoms with Crippen molar-refractivity contribution in [3.63, 3.8) is 0 Å². The Morgan fingerprint density at radius 3 is 2.71 bits per heavy atom. The zero-order valence-corrected chi connectivity index (χ0v) is 10.6. The predicted octanol–water partition coefficient (Wildman–Crippen LogP) is 3.05. The first-order valence-electron chi connectivity index (χ1n) is 5.97. The van der Waals surface area contributed by atoms with Gasteiger partial charge in [-0.1, -0.05) is 6.42 Å². The number of alkyl halides is 4. The maximum absolute atomic E-state index is 11.8. The fourth-order valence-electron chi connectivity index (χ4n) is 2.09. The summed E-state index contributed by atoms with van der Waals surface area (Å²) < 4.78 is 40.0. The van der Waals surface area contributed by atoms with Crippen molar-refractivity contribution in [3.8, 4) is 0 Å². The fourth-order valence-corrected chi connectivity index (χ4v) is 2.44. The molecule has 0 N–H and O–H groups in total. The van der Waals surface area contributed by atoms with Crippen LogP contribution < -0.4 is 0 Å². The molecule has 0 spiro atoms. The minimum absolute atomic E-state index is 0.158. The number of piperidine rings is 1. The van der Waals surface area contributed by atoms with Crippen molar-refractivity contribution in [1.29, 1.82) is 0 Å². The van der Waals surface area contributed by atoms with Gasteiger partial charge in [-0.15, -0.1) is 11.6 Å². The van der Waals surface area contributed by atoms with Crippen molar-refractivity contribution in [3.05, 3.63) is 0 Å². The molecular formula is C11H19ClF3NO. The maximum atomic E-state index is 11.8. The van der Waals surface area contributed by atoms with Crippen molar-refractivity contribution < 1.29 is 17.9 Å². The summed E-state index contributed by atoms with van der Waals surface area (Å²) in [6.07, 6.45) is -0.157. The summed E-state index contributed by atoms with van der Waals surface area (Å²) >= 11 is 5.85. The molecule has 0 saturated carbocycles. The quantitative estimate of drug-likeness (QED) is 0.545. The lowest BCUT2D eigenvalue weighted by atomic mass is 10.0. The van der Waals surface area contributed by atoms with E-state index >= 15 is 0 Å². The Hall–Kier alpha value is 0. The van der Waals surface area contributed by atoms with E-state index in [1.54, 1.807) is 0 Å². The first-order chi connectivity index (χ1) is 8.03. The Morgan fingerprint density at radius 2 is 2.06 bits per heavy atom. The third-order valence-corrected chi connectivity index (χ3v) is 3.28. The molecule has 1 fully saturated rings. The van der Waals surface area contributed by atoms with Gasteiger partial charge in [-0.05, 0) is 25.8 Å². The third-order valence-electron chi connectivity index (χ3n) is 2.93. The first-order valence-corrected chi connectivity index (χ1v) is 6.51. The molecule has 102 valence electrons. The second-order valence-electron chi connectivity index (χ2n) is 4.36. The van der Waals surface area contributed by atoms with E-state index in [4.69, 9.17) is 11.6 Å². The van der Waals surface area contributed by atoms with Gasteiger partial charge in [0.2, 0.25) is 0 Å². The van der Waals surface area contributed by atoms with Gasteiger partial charge in [0.25, 0.3) is 0 Å². The molecule has 0 aromatic rings. The van der Waals surface area contributed by atoms with Crippen LogP contribution in [0.1, 0.15) is 25.7 Å². The average molecular weight is 274 g/mol. The second-order valence-corrected chi connectivity index (χ2v) is 4.67. The Morgan fingerprint density at radius 1 is 1.29 bits per heavy atom. The highest BCUT2D eigenvalue weighted by Crippen LogP contribution is 2.18. The minimum Gasteiger partial charge on any atom is -0.372 e. The lowest BCUT2D eigenvalue weighted by molar-refractivity contribution is -0.174. The highest BCUT2D eigenvalue weighted by Gasteiger charge is 2.27. The van der Waals surface area contributed by atoms with Crippen LogP contribution in [0, 0.1) is 0 Å². The van der Waals surface area contributed by atoms with E-state index in [2.05, 4.69) is 9.64 Å². The van der Waals surface area contributed by atoms with Crippen LogP contribution in [0.2, 0.25) is 0 Å². The molecule has 0 amide bonds. The monoisotopic (exact) mass is 273 g/mol. The highest BCUT2D eigenvalue weighted by atomic mass is 35.5. The molecule has 1 heterocycles. The third kappa shape index (κ3) is 6.48. The van der Waals surface area contributed by atoms with Gasteiger partial charge in [-0.25, -0.2) is 0 Å². The normalized spacial score (nSPS) is 22.9. The molecule has 1 atom stereocenters. The lowest BCUT2D eigenvalue weighted by Gasteiger charge is -2.34. The number of ether oxygens (including phenoxy) is 1. The van der Waals surface area contributed by atoms with Crippen LogP contribution in [0.3, 0.4) is 0 Å². The van der Waals surface area contributed by atoms with Gasteiger partial charge in [0.1, 0.15) is 6.61 Å². The number of rotatable bonds is 6. The minimum atomic E-state index is -4.22. The zero-order valence-electron chi connectivity index (χ0n) is 9.81. The molecule has 0 aliphatic carbocycles. The van der Waals surface area contributed by atoms with E-state index in [1.807, 2.05) is 0 Å². The molecule has 6 heteroatoms. The van der Waals surface area contributed by atoms with Crippen molar-refractivity contribution >= 4 is 11.6 Å². The Labute approximate surface area is 105 Å². The number of likely N-dealkylation sites (tertiary alicyclic amines) is 1. The van der Waals surface area contributed by atoms with E-state index in [0.29, 0.717) is 18.3 Å². The molecule has 1 saturated heterocycles. The molecule has 2 nitrogen and oxygen atoms in total. The van der Waals surface area contributed by atoms with Gasteiger partial charge in [-0.2, -0.15) is 13.2 Å². The summed E-state index contributed by atoms with van der Waals surface area (Å²) in [5.41, 5.74) is 0. The largest absolute Gasteiger partial charge is 0.411 e. The number of nitrogens with zero attached hydrogens (tertiary/aromatic N) is 1. The molecule has 1 unspecified atom stereocenters. The van der Waals surface area contributed by atoms with Crippen LogP contribution in [0.4, 0.5) is 13.2 Å². The van der Waals surface area contributed by atoms with E-state index in [1.165, 1.54) is 6.42 Å². The molecule has 17 heavy (non-hydrogen) atoms. The Bertz CT molecular complexity index is 213. The highest BCUT2D eigenvalue weighted by molar-refractivity contribution is 6.18. The van der Waals surface area contributed by atoms with E-state index < -0.39 is 12.8 Å². The van der Waals surface area contributed by atoms with Crippen LogP contribution in [0.25, 0.3) is 0 Å². The number of hydrogen-bond acceptors (Lipinski definition) is 2. The number of hydrogen-bond donors (Lipinski definition) is 0. The van der Waals surface area contributed by atoms with Gasteiger partial charge in [0.05, 0.1) is 0 Å². The van der Waals surface area contributed by atoms with Gasteiger partial charge < -0.3 is 4.74 Å². The summed E-state index contributed by atoms with van der Waals surface area (Å²) in [6.45, 7) is 0.781. The smallest absolute Gasteiger partial charge is 0.372 e. The zero-order chi connectivity index (χ0) is 12.7. The van der Waals surface area contributed by atoms with Gasteiger partial charge in [0, 0.05) is 25.1 Å². The van der Waals surface area contributed by atoms with Crippen LogP contribution in [0.5, 0.6) is 0 Å². The second kappa shape index (κ2) is 7.44. The molecule has 1 rings (SSSR count). The standard InChI is InChI=1S/C11H19ClF3NO/c12-8-10-4-1-2-5-16(10)6-3-7-17-9-11(13,14)15/h10H,1-9H2. The van der Waals surface area contributed by atoms with Crippen LogP contribution in [-0.2, 0) is 4.74 Å². The van der Waals surface area contributed by atoms with Crippen LogP contribution >= 0.6 is 11.6 Å². The summed E-state index contributed by atoms with van der Waals surface area (Å²) in [6, 6.07) is 0.382. The van der Waals surface area contributed by atoms with Crippen molar-refractivity contribution in [1.82, 2.24) is 4.90 Å². The average Bonchev–Trinajstić information content (AvgIpc) is 2.27. The molecule has 0 aromatic carbocycles. The lowest BCUT2D eigenvalue weighted by Crippen LogP contribution is -2.41. The van der Waals surface area contributed by atoms with Crippen LogP contribution in [0.15, 0.2) is 0 Å². The SMILES string of the molecule is FC(F)(F)COCCCN1CCCCC1CCl. The molecule has 0 radical (unpaired) electrons. The molecule has 1 aliphatic heterocycles. The van der Waals surface area contributed by atoms with Crippen molar-refractivity contribution in [2.75, 3.05) is 32.2 Å². The maximum Gasteiger partial charge on any atom is 0.411 e. The topological polar surface area (TPSA) is 12.5 Å². The molecule has 0 aromatic heterocycles. The van der Waals surface area contributed by atoms with Gasteiger partial charge in [-0.3, -0.25) is 4.90 Å². The fraction of sp³-hybridized carbons (Fsp3) is 1.00. The number of halogens is 4. The van der Waals surface area contributed by atoms with E-state index in [9.17, 15) is 13.2 Å². The summed E-state index contributed by atoms with van der Waals surface area (Å²) in [5.74, 6) is 0.601. The molecule has 1 aliphatic rings. The Kier molecular flexibility index (Phi) is 6.59. The molecular weight excluding hydrogens is 255 g/mol. The predicted molar refractivity (Wildman–Crippen MR) is 61.4 cm³/mol. The summed E-state index contributed by atoms with van der Waals surface area (Å²) in [7, 11) is 0. The summed E-state index contributed by atoms with van der Waals surface area (Å²) in [4.78, 5) is 2.26. The van der Waals surface area contributed by atoms with Crippen molar-refractivity contribution in [2.24, 2.45) is 0 Å². The molecule has 0 bridgehead atoms. The van der Waals surface area contributed by atoms with Crippen molar-refractivity contribution in [2.45, 2.75) is 37.9 Å².